The van der Waals surface area contributed by atoms with E-state index < -0.39 is 12.0 Å². The predicted molar refractivity (Wildman–Crippen MR) is 65.9 cm³/mol. The van der Waals surface area contributed by atoms with E-state index in [0.29, 0.717) is 17.9 Å². The molecule has 0 amide bonds. The van der Waals surface area contributed by atoms with E-state index >= 15 is 0 Å². The average Bonchev–Trinajstić information content (AvgIpc) is 2.33. The summed E-state index contributed by atoms with van der Waals surface area (Å²) in [6.07, 6.45) is 0.258. The highest BCUT2D eigenvalue weighted by Crippen LogP contribution is 2.21. The van der Waals surface area contributed by atoms with Crippen molar-refractivity contribution in [3.05, 3.63) is 29.6 Å². The minimum Gasteiger partial charge on any atom is -0.493 e. The molecule has 0 bridgehead atoms. The highest BCUT2D eigenvalue weighted by atomic mass is 19.1. The second-order valence-electron chi connectivity index (χ2n) is 3.75. The quantitative estimate of drug-likeness (QED) is 0.785. The van der Waals surface area contributed by atoms with Gasteiger partial charge in [-0.25, -0.2) is 4.39 Å². The Kier molecular flexibility index (Phi) is 5.58. The minimum absolute atomic E-state index is 0.258. The fraction of sp³-hybridized carbons (Fsp3) is 0.462. The lowest BCUT2D eigenvalue weighted by atomic mass is 10.1. The summed E-state index contributed by atoms with van der Waals surface area (Å²) < 4.78 is 23.2. The topological polar surface area (TPSA) is 61.5 Å². The zero-order valence-corrected chi connectivity index (χ0v) is 10.6. The lowest BCUT2D eigenvalue weighted by Gasteiger charge is -2.14. The smallest absolute Gasteiger partial charge is 0.323 e. The van der Waals surface area contributed by atoms with Gasteiger partial charge >= 0.3 is 5.97 Å². The maximum atomic E-state index is 13.1. The maximum absolute atomic E-state index is 13.1. The molecule has 1 rings (SSSR count). The maximum Gasteiger partial charge on any atom is 0.323 e. The van der Waals surface area contributed by atoms with Crippen molar-refractivity contribution in [1.29, 1.82) is 0 Å². The minimum atomic E-state index is -0.769. The summed E-state index contributed by atoms with van der Waals surface area (Å²) in [5.41, 5.74) is 6.41. The summed E-state index contributed by atoms with van der Waals surface area (Å²) in [5, 5.41) is 0. The molecule has 0 fully saturated rings. The highest BCUT2D eigenvalue weighted by molar-refractivity contribution is 5.76. The zero-order valence-electron chi connectivity index (χ0n) is 10.6. The van der Waals surface area contributed by atoms with Crippen molar-refractivity contribution in [2.24, 2.45) is 5.73 Å². The van der Waals surface area contributed by atoms with E-state index in [-0.39, 0.29) is 18.8 Å². The Balaban J connectivity index is 2.79. The SMILES string of the molecule is CCOC(=O)C(N)Cc1ccc(F)cc1OCC. The number of hydrogen-bond donors (Lipinski definition) is 1. The third-order valence-electron chi connectivity index (χ3n) is 2.36. The van der Waals surface area contributed by atoms with Crippen LogP contribution >= 0.6 is 0 Å². The number of rotatable bonds is 6. The van der Waals surface area contributed by atoms with Gasteiger partial charge in [-0.05, 0) is 25.5 Å². The summed E-state index contributed by atoms with van der Waals surface area (Å²) in [6, 6.07) is 3.40. The van der Waals surface area contributed by atoms with Crippen LogP contribution in [0.15, 0.2) is 18.2 Å². The van der Waals surface area contributed by atoms with Crippen LogP contribution in [-0.2, 0) is 16.0 Å². The molecule has 0 spiro atoms. The van der Waals surface area contributed by atoms with E-state index in [9.17, 15) is 9.18 Å². The standard InChI is InChI=1S/C13H18FNO3/c1-3-17-12-8-10(14)6-5-9(12)7-11(15)13(16)18-4-2/h5-6,8,11H,3-4,7,15H2,1-2H3. The van der Waals surface area contributed by atoms with Gasteiger partial charge < -0.3 is 15.2 Å². The lowest BCUT2D eigenvalue weighted by Crippen LogP contribution is -2.34. The summed E-state index contributed by atoms with van der Waals surface area (Å²) in [5.74, 6) is -0.437. The molecule has 1 unspecified atom stereocenters. The van der Waals surface area contributed by atoms with Crippen LogP contribution in [0.2, 0.25) is 0 Å². The molecule has 4 nitrogen and oxygen atoms in total. The molecular formula is C13H18FNO3. The molecule has 1 aromatic rings. The van der Waals surface area contributed by atoms with E-state index in [1.165, 1.54) is 12.1 Å². The van der Waals surface area contributed by atoms with Crippen LogP contribution in [0.1, 0.15) is 19.4 Å². The third kappa shape index (κ3) is 4.00. The normalized spacial score (nSPS) is 12.0. The van der Waals surface area contributed by atoms with Crippen molar-refractivity contribution < 1.29 is 18.7 Å². The number of halogens is 1. The van der Waals surface area contributed by atoms with Crippen molar-refractivity contribution >= 4 is 5.97 Å². The van der Waals surface area contributed by atoms with Crippen molar-refractivity contribution in [3.63, 3.8) is 0 Å². The first-order valence-electron chi connectivity index (χ1n) is 5.91. The largest absolute Gasteiger partial charge is 0.493 e. The van der Waals surface area contributed by atoms with Crippen LogP contribution < -0.4 is 10.5 Å². The Bertz CT molecular complexity index is 409. The van der Waals surface area contributed by atoms with Gasteiger partial charge in [0.2, 0.25) is 0 Å². The number of carbonyl (C=O) groups is 1. The van der Waals surface area contributed by atoms with E-state index in [4.69, 9.17) is 15.2 Å². The number of benzene rings is 1. The Morgan fingerprint density at radius 3 is 2.72 bits per heavy atom. The molecule has 0 heterocycles. The molecule has 1 atom stereocenters. The Labute approximate surface area is 106 Å². The summed E-state index contributed by atoms with van der Waals surface area (Å²) >= 11 is 0. The molecule has 0 aliphatic rings. The van der Waals surface area contributed by atoms with Gasteiger partial charge in [0.25, 0.3) is 0 Å². The van der Waals surface area contributed by atoms with Gasteiger partial charge in [-0.1, -0.05) is 6.07 Å². The molecule has 100 valence electrons. The van der Waals surface area contributed by atoms with Crippen molar-refractivity contribution in [2.75, 3.05) is 13.2 Å². The van der Waals surface area contributed by atoms with Crippen LogP contribution in [-0.4, -0.2) is 25.2 Å². The predicted octanol–water partition coefficient (Wildman–Crippen LogP) is 1.66. The van der Waals surface area contributed by atoms with Gasteiger partial charge in [0.15, 0.2) is 0 Å². The fourth-order valence-electron chi connectivity index (χ4n) is 1.56. The van der Waals surface area contributed by atoms with Gasteiger partial charge in [-0.15, -0.1) is 0 Å². The first kappa shape index (κ1) is 14.4. The van der Waals surface area contributed by atoms with Gasteiger partial charge in [0.05, 0.1) is 13.2 Å². The van der Waals surface area contributed by atoms with Crippen LogP contribution in [0.4, 0.5) is 4.39 Å². The van der Waals surface area contributed by atoms with Crippen molar-refractivity contribution in [2.45, 2.75) is 26.3 Å². The fourth-order valence-corrected chi connectivity index (χ4v) is 1.56. The molecular weight excluding hydrogens is 237 g/mol. The molecule has 0 saturated carbocycles. The first-order chi connectivity index (χ1) is 8.58. The van der Waals surface area contributed by atoms with E-state index in [1.807, 2.05) is 0 Å². The number of esters is 1. The first-order valence-corrected chi connectivity index (χ1v) is 5.91. The zero-order chi connectivity index (χ0) is 13.5. The molecule has 0 radical (unpaired) electrons. The summed E-state index contributed by atoms with van der Waals surface area (Å²) in [4.78, 5) is 11.4. The van der Waals surface area contributed by atoms with Crippen LogP contribution in [0.25, 0.3) is 0 Å². The molecule has 0 aliphatic carbocycles. The van der Waals surface area contributed by atoms with Crippen molar-refractivity contribution in [1.82, 2.24) is 0 Å². The number of carbonyl (C=O) groups excluding carboxylic acids is 1. The molecule has 2 N–H and O–H groups in total. The van der Waals surface area contributed by atoms with E-state index in [2.05, 4.69) is 0 Å². The lowest BCUT2D eigenvalue weighted by molar-refractivity contribution is -0.144. The monoisotopic (exact) mass is 255 g/mol. The number of ether oxygens (including phenoxy) is 2. The molecule has 5 heteroatoms. The van der Waals surface area contributed by atoms with Crippen LogP contribution in [0.3, 0.4) is 0 Å². The third-order valence-corrected chi connectivity index (χ3v) is 2.36. The van der Waals surface area contributed by atoms with E-state index in [0.717, 1.165) is 0 Å². The Morgan fingerprint density at radius 1 is 1.39 bits per heavy atom. The molecule has 0 aromatic heterocycles. The van der Waals surface area contributed by atoms with Gasteiger partial charge in [0.1, 0.15) is 17.6 Å². The molecule has 0 aliphatic heterocycles. The van der Waals surface area contributed by atoms with Gasteiger partial charge in [-0.2, -0.15) is 0 Å². The Morgan fingerprint density at radius 2 is 2.11 bits per heavy atom. The van der Waals surface area contributed by atoms with E-state index in [1.54, 1.807) is 19.9 Å². The molecule has 18 heavy (non-hydrogen) atoms. The summed E-state index contributed by atoms with van der Waals surface area (Å²) in [7, 11) is 0. The summed E-state index contributed by atoms with van der Waals surface area (Å²) in [6.45, 7) is 4.23. The average molecular weight is 255 g/mol. The molecule has 0 saturated heterocycles. The van der Waals surface area contributed by atoms with Crippen LogP contribution in [0.5, 0.6) is 5.75 Å². The van der Waals surface area contributed by atoms with Gasteiger partial charge in [-0.3, -0.25) is 4.79 Å². The second kappa shape index (κ2) is 6.96. The number of hydrogen-bond acceptors (Lipinski definition) is 4. The number of nitrogens with two attached hydrogens (primary N) is 1. The van der Waals surface area contributed by atoms with Crippen LogP contribution in [0, 0.1) is 5.82 Å². The second-order valence-corrected chi connectivity index (χ2v) is 3.75. The van der Waals surface area contributed by atoms with Gasteiger partial charge in [0, 0.05) is 12.5 Å². The Hall–Kier alpha value is -1.62. The molecule has 1 aromatic carbocycles. The van der Waals surface area contributed by atoms with Crippen molar-refractivity contribution in [3.8, 4) is 5.75 Å². The highest BCUT2D eigenvalue weighted by Gasteiger charge is 2.17.